The number of hydrogen-bond donors (Lipinski definition) is 2. The smallest absolute Gasteiger partial charge is 0.237 e. The minimum Gasteiger partial charge on any atom is -0.379 e. The second-order valence-electron chi connectivity index (χ2n) is 5.31. The van der Waals surface area contributed by atoms with Gasteiger partial charge in [-0.2, -0.15) is 0 Å². The van der Waals surface area contributed by atoms with Crippen molar-refractivity contribution in [2.24, 2.45) is 5.92 Å². The predicted octanol–water partition coefficient (Wildman–Crippen LogP) is 0.849. The summed E-state index contributed by atoms with van der Waals surface area (Å²) in [5, 5.41) is 6.31. The second-order valence-corrected chi connectivity index (χ2v) is 5.31. The summed E-state index contributed by atoms with van der Waals surface area (Å²) in [4.78, 5) is 14.8. The summed E-state index contributed by atoms with van der Waals surface area (Å²) in [6, 6.07) is -0.00414. The third kappa shape index (κ3) is 5.38. The highest BCUT2D eigenvalue weighted by Crippen LogP contribution is 2.20. The van der Waals surface area contributed by atoms with E-state index in [1.54, 1.807) is 0 Å². The molecule has 5 nitrogen and oxygen atoms in total. The third-order valence-corrected chi connectivity index (χ3v) is 4.05. The van der Waals surface area contributed by atoms with Gasteiger partial charge in [-0.25, -0.2) is 0 Å². The van der Waals surface area contributed by atoms with E-state index in [1.165, 1.54) is 0 Å². The lowest BCUT2D eigenvalue weighted by Crippen LogP contribution is -2.55. The summed E-state index contributed by atoms with van der Waals surface area (Å²) >= 11 is 0. The molecule has 5 heteroatoms. The van der Waals surface area contributed by atoms with Crippen LogP contribution < -0.4 is 10.6 Å². The number of nitrogens with one attached hydrogen (secondary N) is 2. The Morgan fingerprint density at radius 2 is 1.80 bits per heavy atom. The van der Waals surface area contributed by atoms with Crippen LogP contribution in [0.25, 0.3) is 0 Å². The number of hydrogen-bond acceptors (Lipinski definition) is 4. The normalized spacial score (nSPS) is 18.2. The van der Waals surface area contributed by atoms with Gasteiger partial charge in [-0.1, -0.05) is 33.6 Å². The van der Waals surface area contributed by atoms with Crippen molar-refractivity contribution in [1.82, 2.24) is 15.5 Å². The SMILES string of the molecule is CCNCCNC(=O)C(C(CC)CC)N1CCOCC1. The molecule has 0 radical (unpaired) electrons. The van der Waals surface area contributed by atoms with Crippen molar-refractivity contribution < 1.29 is 9.53 Å². The first-order valence-electron chi connectivity index (χ1n) is 8.04. The van der Waals surface area contributed by atoms with Gasteiger partial charge < -0.3 is 15.4 Å². The Balaban J connectivity index is 2.57. The summed E-state index contributed by atoms with van der Waals surface area (Å²) < 4.78 is 5.41. The minimum absolute atomic E-state index is 0.00414. The monoisotopic (exact) mass is 285 g/mol. The Bertz CT molecular complexity index is 264. The molecule has 1 fully saturated rings. The lowest BCUT2D eigenvalue weighted by Gasteiger charge is -2.37. The molecule has 1 heterocycles. The summed E-state index contributed by atoms with van der Waals surface area (Å²) in [6.07, 6.45) is 2.08. The molecule has 1 unspecified atom stereocenters. The van der Waals surface area contributed by atoms with Crippen molar-refractivity contribution in [2.75, 3.05) is 45.9 Å². The predicted molar refractivity (Wildman–Crippen MR) is 81.8 cm³/mol. The fourth-order valence-corrected chi connectivity index (χ4v) is 2.82. The van der Waals surface area contributed by atoms with Gasteiger partial charge in [0.1, 0.15) is 0 Å². The number of morpholine rings is 1. The summed E-state index contributed by atoms with van der Waals surface area (Å²) in [5.41, 5.74) is 0. The summed E-state index contributed by atoms with van der Waals surface area (Å²) in [7, 11) is 0. The van der Waals surface area contributed by atoms with E-state index in [1.807, 2.05) is 0 Å². The molecule has 1 rings (SSSR count). The lowest BCUT2D eigenvalue weighted by molar-refractivity contribution is -0.130. The Morgan fingerprint density at radius 3 is 2.35 bits per heavy atom. The Labute approximate surface area is 123 Å². The number of rotatable bonds is 9. The van der Waals surface area contributed by atoms with Crippen molar-refractivity contribution in [3.05, 3.63) is 0 Å². The van der Waals surface area contributed by atoms with E-state index in [0.29, 0.717) is 12.5 Å². The molecule has 0 aromatic carbocycles. The molecule has 2 N–H and O–H groups in total. The molecule has 1 aliphatic heterocycles. The first kappa shape index (κ1) is 17.4. The van der Waals surface area contributed by atoms with Gasteiger partial charge in [0.05, 0.1) is 19.3 Å². The topological polar surface area (TPSA) is 53.6 Å². The number of likely N-dealkylation sites (N-methyl/N-ethyl adjacent to an activating group) is 1. The maximum Gasteiger partial charge on any atom is 0.237 e. The highest BCUT2D eigenvalue weighted by molar-refractivity contribution is 5.82. The van der Waals surface area contributed by atoms with Crippen molar-refractivity contribution in [3.8, 4) is 0 Å². The number of ether oxygens (including phenoxy) is 1. The summed E-state index contributed by atoms with van der Waals surface area (Å²) in [5.74, 6) is 0.603. The molecule has 0 saturated carbocycles. The largest absolute Gasteiger partial charge is 0.379 e. The van der Waals surface area contributed by atoms with Crippen LogP contribution in [0.4, 0.5) is 0 Å². The second kappa shape index (κ2) is 10.1. The van der Waals surface area contributed by atoms with Crippen molar-refractivity contribution in [2.45, 2.75) is 39.7 Å². The van der Waals surface area contributed by atoms with Gasteiger partial charge in [0.25, 0.3) is 0 Å². The van der Waals surface area contributed by atoms with Crippen LogP contribution in [0.15, 0.2) is 0 Å². The Morgan fingerprint density at radius 1 is 1.15 bits per heavy atom. The van der Waals surface area contributed by atoms with Crippen LogP contribution in [0.2, 0.25) is 0 Å². The van der Waals surface area contributed by atoms with Crippen LogP contribution in [-0.4, -0.2) is 62.8 Å². The standard InChI is InChI=1S/C15H31N3O2/c1-4-13(5-2)14(18-9-11-20-12-10-18)15(19)17-8-7-16-6-3/h13-14,16H,4-12H2,1-3H3,(H,17,19). The molecule has 118 valence electrons. The van der Waals surface area contributed by atoms with Gasteiger partial charge in [-0.15, -0.1) is 0 Å². The Kier molecular flexibility index (Phi) is 8.82. The van der Waals surface area contributed by atoms with E-state index in [-0.39, 0.29) is 11.9 Å². The first-order valence-corrected chi connectivity index (χ1v) is 8.04. The van der Waals surface area contributed by atoms with Gasteiger partial charge >= 0.3 is 0 Å². The highest BCUT2D eigenvalue weighted by Gasteiger charge is 2.32. The lowest BCUT2D eigenvalue weighted by atomic mass is 9.91. The van der Waals surface area contributed by atoms with Gasteiger partial charge in [0.2, 0.25) is 5.91 Å². The first-order chi connectivity index (χ1) is 9.74. The third-order valence-electron chi connectivity index (χ3n) is 4.05. The molecular formula is C15H31N3O2. The van der Waals surface area contributed by atoms with Crippen molar-refractivity contribution in [1.29, 1.82) is 0 Å². The van der Waals surface area contributed by atoms with Crippen LogP contribution in [0.5, 0.6) is 0 Å². The summed E-state index contributed by atoms with van der Waals surface area (Å²) in [6.45, 7) is 12.1. The maximum atomic E-state index is 12.5. The molecule has 0 aromatic heterocycles. The van der Waals surface area contributed by atoms with Crippen LogP contribution in [0, 0.1) is 5.92 Å². The maximum absolute atomic E-state index is 12.5. The number of nitrogens with zero attached hydrogens (tertiary/aromatic N) is 1. The molecule has 1 amide bonds. The molecule has 20 heavy (non-hydrogen) atoms. The van der Waals surface area contributed by atoms with Gasteiger partial charge in [0, 0.05) is 26.2 Å². The van der Waals surface area contributed by atoms with Gasteiger partial charge in [-0.05, 0) is 12.5 Å². The Hall–Kier alpha value is -0.650. The fraction of sp³-hybridized carbons (Fsp3) is 0.933. The molecular weight excluding hydrogens is 254 g/mol. The van der Waals surface area contributed by atoms with Crippen LogP contribution in [0.3, 0.4) is 0 Å². The average molecular weight is 285 g/mol. The number of carbonyl (C=O) groups is 1. The quantitative estimate of drug-likeness (QED) is 0.617. The van der Waals surface area contributed by atoms with Gasteiger partial charge in [0.15, 0.2) is 0 Å². The molecule has 1 saturated heterocycles. The zero-order valence-corrected chi connectivity index (χ0v) is 13.3. The van der Waals surface area contributed by atoms with E-state index in [4.69, 9.17) is 4.74 Å². The van der Waals surface area contributed by atoms with E-state index >= 15 is 0 Å². The minimum atomic E-state index is -0.00414. The van der Waals surface area contributed by atoms with Gasteiger partial charge in [-0.3, -0.25) is 9.69 Å². The molecule has 0 aromatic rings. The fourth-order valence-electron chi connectivity index (χ4n) is 2.82. The number of amides is 1. The molecule has 0 spiro atoms. The molecule has 1 atom stereocenters. The van der Waals surface area contributed by atoms with Crippen molar-refractivity contribution in [3.63, 3.8) is 0 Å². The van der Waals surface area contributed by atoms with E-state index in [0.717, 1.165) is 52.2 Å². The molecule has 0 bridgehead atoms. The van der Waals surface area contributed by atoms with Crippen LogP contribution in [-0.2, 0) is 9.53 Å². The zero-order chi connectivity index (χ0) is 14.8. The highest BCUT2D eigenvalue weighted by atomic mass is 16.5. The van der Waals surface area contributed by atoms with E-state index in [2.05, 4.69) is 36.3 Å². The average Bonchev–Trinajstić information content (AvgIpc) is 2.49. The van der Waals surface area contributed by atoms with Crippen LogP contribution >= 0.6 is 0 Å². The van der Waals surface area contributed by atoms with E-state index < -0.39 is 0 Å². The zero-order valence-electron chi connectivity index (χ0n) is 13.3. The molecule has 1 aliphatic rings. The van der Waals surface area contributed by atoms with Crippen molar-refractivity contribution >= 4 is 5.91 Å². The number of carbonyl (C=O) groups excluding carboxylic acids is 1. The molecule has 0 aliphatic carbocycles. The van der Waals surface area contributed by atoms with E-state index in [9.17, 15) is 4.79 Å². The van der Waals surface area contributed by atoms with Crippen LogP contribution in [0.1, 0.15) is 33.6 Å².